The van der Waals surface area contributed by atoms with Crippen LogP contribution in [0.4, 0.5) is 14.7 Å². The zero-order chi connectivity index (χ0) is 24.2. The van der Waals surface area contributed by atoms with Gasteiger partial charge in [-0.2, -0.15) is 4.98 Å². The number of ether oxygens (including phenoxy) is 1. The van der Waals surface area contributed by atoms with Gasteiger partial charge in [0.2, 0.25) is 5.95 Å². The number of nitrogens with zero attached hydrogens (tertiary/aromatic N) is 4. The van der Waals surface area contributed by atoms with Gasteiger partial charge in [0.25, 0.3) is 12.0 Å². The van der Waals surface area contributed by atoms with Crippen molar-refractivity contribution in [2.75, 3.05) is 38.2 Å². The van der Waals surface area contributed by atoms with Gasteiger partial charge in [-0.3, -0.25) is 19.1 Å². The highest BCUT2D eigenvalue weighted by atomic mass is 19.3. The standard InChI is InChI=1S/C23H29F2N5O4/c1-12-15-7-26-22(27-16-3-4-34-9-17(16)32)28-20(15)30(21(33)19(12)13(2)31)14-5-23(6-14)10-29(11-23)8-18(24)25/h7,14,16-18,32H,3-6,8-11H2,1-2H3,(H,26,27,28)/t16-,17-/m0/s1. The summed E-state index contributed by atoms with van der Waals surface area (Å²) in [6.45, 7) is 4.80. The fourth-order valence-electron chi connectivity index (χ4n) is 5.82. The number of pyridine rings is 1. The van der Waals surface area contributed by atoms with Crippen LogP contribution in [0, 0.1) is 12.3 Å². The summed E-state index contributed by atoms with van der Waals surface area (Å²) in [6, 6.07) is -0.439. The lowest BCUT2D eigenvalue weighted by Gasteiger charge is -2.59. The first-order valence-corrected chi connectivity index (χ1v) is 11.6. The highest BCUT2D eigenvalue weighted by Crippen LogP contribution is 2.54. The van der Waals surface area contributed by atoms with Crippen molar-refractivity contribution in [2.45, 2.75) is 57.7 Å². The van der Waals surface area contributed by atoms with Gasteiger partial charge in [0.15, 0.2) is 5.78 Å². The van der Waals surface area contributed by atoms with E-state index in [4.69, 9.17) is 4.74 Å². The number of carbonyl (C=O) groups excluding carboxylic acids is 1. The normalized spacial score (nSPS) is 24.9. The summed E-state index contributed by atoms with van der Waals surface area (Å²) in [6.07, 6.45) is 0.500. The van der Waals surface area contributed by atoms with E-state index in [9.17, 15) is 23.5 Å². The Kier molecular flexibility index (Phi) is 5.89. The summed E-state index contributed by atoms with van der Waals surface area (Å²) in [5.41, 5.74) is 0.673. The predicted molar refractivity (Wildman–Crippen MR) is 121 cm³/mol. The molecule has 3 aliphatic rings. The summed E-state index contributed by atoms with van der Waals surface area (Å²) in [5, 5.41) is 14.0. The van der Waals surface area contributed by atoms with E-state index < -0.39 is 12.5 Å². The maximum atomic E-state index is 13.5. The molecule has 1 spiro atoms. The van der Waals surface area contributed by atoms with Crippen LogP contribution in [0.2, 0.25) is 0 Å². The molecule has 2 aliphatic heterocycles. The summed E-state index contributed by atoms with van der Waals surface area (Å²) in [7, 11) is 0. The number of likely N-dealkylation sites (tertiary alicyclic amines) is 1. The Hall–Kier alpha value is -2.50. The van der Waals surface area contributed by atoms with Gasteiger partial charge < -0.3 is 15.2 Å². The minimum atomic E-state index is -2.35. The average Bonchev–Trinajstić information content (AvgIpc) is 2.71. The number of alkyl halides is 2. The van der Waals surface area contributed by atoms with Crippen LogP contribution in [0.15, 0.2) is 11.0 Å². The average molecular weight is 478 g/mol. The molecule has 34 heavy (non-hydrogen) atoms. The number of aliphatic hydroxyl groups excluding tert-OH is 1. The Bertz CT molecular complexity index is 1170. The quantitative estimate of drug-likeness (QED) is 0.606. The largest absolute Gasteiger partial charge is 0.389 e. The number of aryl methyl sites for hydroxylation is 1. The molecule has 1 saturated carbocycles. The molecule has 0 aromatic carbocycles. The molecule has 2 N–H and O–H groups in total. The molecule has 1 aliphatic carbocycles. The van der Waals surface area contributed by atoms with Crippen LogP contribution in [-0.4, -0.2) is 81.7 Å². The number of rotatable bonds is 6. The molecule has 2 atom stereocenters. The number of ketones is 1. The maximum absolute atomic E-state index is 13.5. The van der Waals surface area contributed by atoms with E-state index in [0.29, 0.717) is 61.5 Å². The highest BCUT2D eigenvalue weighted by Gasteiger charge is 2.53. The molecule has 11 heteroatoms. The van der Waals surface area contributed by atoms with Crippen LogP contribution >= 0.6 is 0 Å². The Labute approximate surface area is 195 Å². The topological polar surface area (TPSA) is 110 Å². The fraction of sp³-hybridized carbons (Fsp3) is 0.652. The molecule has 0 amide bonds. The molecule has 0 radical (unpaired) electrons. The van der Waals surface area contributed by atoms with Crippen molar-refractivity contribution in [2.24, 2.45) is 5.41 Å². The number of Topliss-reactive ketones (excluding diaryl/α,β-unsaturated/α-hetero) is 1. The van der Waals surface area contributed by atoms with Gasteiger partial charge in [0.1, 0.15) is 5.65 Å². The number of nitrogens with one attached hydrogen (secondary N) is 1. The van der Waals surface area contributed by atoms with Crippen LogP contribution in [-0.2, 0) is 4.74 Å². The Morgan fingerprint density at radius 1 is 1.38 bits per heavy atom. The van der Waals surface area contributed by atoms with Gasteiger partial charge in [-0.25, -0.2) is 13.8 Å². The van der Waals surface area contributed by atoms with Crippen LogP contribution < -0.4 is 10.9 Å². The zero-order valence-electron chi connectivity index (χ0n) is 19.3. The first kappa shape index (κ1) is 23.3. The molecular formula is C23H29F2N5O4. The molecule has 4 heterocycles. The Balaban J connectivity index is 1.48. The van der Waals surface area contributed by atoms with Gasteiger partial charge in [-0.05, 0) is 44.1 Å². The zero-order valence-corrected chi connectivity index (χ0v) is 19.3. The summed E-state index contributed by atoms with van der Waals surface area (Å²) < 4.78 is 32.2. The molecule has 2 saturated heterocycles. The molecule has 3 fully saturated rings. The fourth-order valence-corrected chi connectivity index (χ4v) is 5.82. The van der Waals surface area contributed by atoms with Gasteiger partial charge in [-0.15, -0.1) is 0 Å². The Morgan fingerprint density at radius 2 is 2.12 bits per heavy atom. The smallest absolute Gasteiger partial charge is 0.263 e. The minimum absolute atomic E-state index is 0.0626. The summed E-state index contributed by atoms with van der Waals surface area (Å²) in [4.78, 5) is 36.6. The van der Waals surface area contributed by atoms with E-state index in [1.54, 1.807) is 22.6 Å². The van der Waals surface area contributed by atoms with Crippen molar-refractivity contribution in [1.82, 2.24) is 19.4 Å². The van der Waals surface area contributed by atoms with Crippen molar-refractivity contribution in [1.29, 1.82) is 0 Å². The van der Waals surface area contributed by atoms with Crippen molar-refractivity contribution in [3.8, 4) is 0 Å². The molecule has 184 valence electrons. The van der Waals surface area contributed by atoms with E-state index in [-0.39, 0.29) is 47.6 Å². The maximum Gasteiger partial charge on any atom is 0.263 e. The third-order valence-corrected chi connectivity index (χ3v) is 7.42. The number of aromatic nitrogens is 3. The van der Waals surface area contributed by atoms with Crippen molar-refractivity contribution in [3.05, 3.63) is 27.7 Å². The number of halogens is 2. The van der Waals surface area contributed by atoms with Crippen LogP contribution in [0.5, 0.6) is 0 Å². The predicted octanol–water partition coefficient (Wildman–Crippen LogP) is 1.77. The van der Waals surface area contributed by atoms with Gasteiger partial charge in [0, 0.05) is 37.3 Å². The van der Waals surface area contributed by atoms with Crippen LogP contribution in [0.1, 0.15) is 48.1 Å². The summed E-state index contributed by atoms with van der Waals surface area (Å²) in [5.74, 6) is -0.0196. The first-order chi connectivity index (χ1) is 16.2. The van der Waals surface area contributed by atoms with Gasteiger partial charge >= 0.3 is 0 Å². The van der Waals surface area contributed by atoms with E-state index in [2.05, 4.69) is 15.3 Å². The number of hydrogen-bond donors (Lipinski definition) is 2. The molecule has 2 aromatic rings. The van der Waals surface area contributed by atoms with E-state index in [1.807, 2.05) is 0 Å². The van der Waals surface area contributed by atoms with E-state index in [0.717, 1.165) is 0 Å². The van der Waals surface area contributed by atoms with Crippen molar-refractivity contribution in [3.63, 3.8) is 0 Å². The number of anilines is 1. The minimum Gasteiger partial charge on any atom is -0.389 e. The lowest BCUT2D eigenvalue weighted by Crippen LogP contribution is -2.63. The second-order valence-corrected chi connectivity index (χ2v) is 9.97. The van der Waals surface area contributed by atoms with E-state index in [1.165, 1.54) is 6.92 Å². The molecule has 9 nitrogen and oxygen atoms in total. The molecule has 2 aromatic heterocycles. The number of aliphatic hydroxyl groups is 1. The van der Waals surface area contributed by atoms with E-state index >= 15 is 0 Å². The second kappa shape index (κ2) is 8.62. The number of carbonyl (C=O) groups is 1. The van der Waals surface area contributed by atoms with Gasteiger partial charge in [0.05, 0.1) is 30.9 Å². The first-order valence-electron chi connectivity index (χ1n) is 11.6. The lowest BCUT2D eigenvalue weighted by atomic mass is 9.60. The van der Waals surface area contributed by atoms with Crippen LogP contribution in [0.3, 0.4) is 0 Å². The second-order valence-electron chi connectivity index (χ2n) is 9.97. The van der Waals surface area contributed by atoms with Crippen molar-refractivity contribution >= 4 is 22.8 Å². The number of fused-ring (bicyclic) bond motifs is 1. The third kappa shape index (κ3) is 3.99. The van der Waals surface area contributed by atoms with Crippen LogP contribution in [0.25, 0.3) is 11.0 Å². The highest BCUT2D eigenvalue weighted by molar-refractivity contribution is 5.99. The summed E-state index contributed by atoms with van der Waals surface area (Å²) >= 11 is 0. The molecular weight excluding hydrogens is 448 g/mol. The monoisotopic (exact) mass is 477 g/mol. The number of hydrogen-bond acceptors (Lipinski definition) is 8. The SMILES string of the molecule is CC(=O)c1c(C)c2cnc(N[C@H]3CCOC[C@@H]3O)nc2n(C2CC3(C2)CN(CC(F)F)C3)c1=O. The van der Waals surface area contributed by atoms with Crippen molar-refractivity contribution < 1.29 is 23.4 Å². The third-order valence-electron chi connectivity index (χ3n) is 7.42. The molecule has 5 rings (SSSR count). The Morgan fingerprint density at radius 3 is 2.76 bits per heavy atom. The van der Waals surface area contributed by atoms with Gasteiger partial charge in [-0.1, -0.05) is 0 Å². The molecule has 0 bridgehead atoms. The lowest BCUT2D eigenvalue weighted by molar-refractivity contribution is -0.104. The molecule has 0 unspecified atom stereocenters.